The van der Waals surface area contributed by atoms with Gasteiger partial charge in [-0.25, -0.2) is 0 Å². The van der Waals surface area contributed by atoms with Crippen molar-refractivity contribution in [1.82, 2.24) is 14.8 Å². The summed E-state index contributed by atoms with van der Waals surface area (Å²) in [5, 5.41) is 26.3. The summed E-state index contributed by atoms with van der Waals surface area (Å²) in [6.45, 7) is -0.307. The van der Waals surface area contributed by atoms with Crippen molar-refractivity contribution in [2.75, 3.05) is 12.9 Å². The predicted molar refractivity (Wildman–Crippen MR) is 79.9 cm³/mol. The number of thioether (sulfide) groups is 1. The van der Waals surface area contributed by atoms with Crippen molar-refractivity contribution in [3.05, 3.63) is 28.5 Å². The molecule has 112 valence electrons. The second-order valence-electron chi connectivity index (χ2n) is 3.89. The fraction of sp³-hybridized carbons (Fsp3) is 0.250. The maximum absolute atomic E-state index is 10.7. The summed E-state index contributed by atoms with van der Waals surface area (Å²) in [4.78, 5) is 10.7. The van der Waals surface area contributed by atoms with Gasteiger partial charge >= 0.3 is 5.97 Å². The second-order valence-corrected chi connectivity index (χ2v) is 5.69. The zero-order valence-corrected chi connectivity index (χ0v) is 13.4. The zero-order valence-electron chi connectivity index (χ0n) is 11.0. The van der Waals surface area contributed by atoms with E-state index in [4.69, 9.17) is 9.84 Å². The molecule has 0 aliphatic carbocycles. The summed E-state index contributed by atoms with van der Waals surface area (Å²) in [6.07, 6.45) is 0. The van der Waals surface area contributed by atoms with E-state index in [2.05, 4.69) is 26.1 Å². The lowest BCUT2D eigenvalue weighted by Crippen LogP contribution is -2.05. The standard InChI is InChI=1S/C12H12BrN3O4S/c1-20-9-4-7(2-3-8(9)13)16-10(5-17)14-15-12(16)21-6-11(18)19/h2-4,17H,5-6H2,1H3,(H,18,19). The third kappa shape index (κ3) is 3.55. The van der Waals surface area contributed by atoms with Crippen LogP contribution in [-0.4, -0.2) is 43.8 Å². The van der Waals surface area contributed by atoms with Gasteiger partial charge in [-0.05, 0) is 28.1 Å². The first-order valence-electron chi connectivity index (χ1n) is 5.80. The van der Waals surface area contributed by atoms with Crippen molar-refractivity contribution in [1.29, 1.82) is 0 Å². The predicted octanol–water partition coefficient (Wildman–Crippen LogP) is 1.71. The Balaban J connectivity index is 2.45. The molecule has 0 bridgehead atoms. The maximum Gasteiger partial charge on any atom is 0.313 e. The monoisotopic (exact) mass is 373 g/mol. The zero-order chi connectivity index (χ0) is 15.4. The highest BCUT2D eigenvalue weighted by atomic mass is 79.9. The Bertz CT molecular complexity index is 662. The fourth-order valence-electron chi connectivity index (χ4n) is 1.67. The van der Waals surface area contributed by atoms with Crippen LogP contribution < -0.4 is 4.74 Å². The van der Waals surface area contributed by atoms with Crippen LogP contribution in [0.4, 0.5) is 0 Å². The number of methoxy groups -OCH3 is 1. The van der Waals surface area contributed by atoms with Crippen molar-refractivity contribution in [2.45, 2.75) is 11.8 Å². The lowest BCUT2D eigenvalue weighted by Gasteiger charge is -2.11. The molecule has 0 atom stereocenters. The molecule has 2 aromatic rings. The number of carboxylic acid groups (broad SMARTS) is 1. The Labute approximate surface area is 133 Å². The number of halogens is 1. The summed E-state index contributed by atoms with van der Waals surface area (Å²) in [5.41, 5.74) is 0.678. The van der Waals surface area contributed by atoms with E-state index in [-0.39, 0.29) is 12.4 Å². The Hall–Kier alpha value is -1.58. The number of aliphatic hydroxyl groups excluding tert-OH is 1. The molecule has 9 heteroatoms. The summed E-state index contributed by atoms with van der Waals surface area (Å²) in [6, 6.07) is 5.33. The van der Waals surface area contributed by atoms with Gasteiger partial charge in [-0.2, -0.15) is 0 Å². The molecular weight excluding hydrogens is 362 g/mol. The van der Waals surface area contributed by atoms with Gasteiger partial charge in [0.1, 0.15) is 12.4 Å². The first kappa shape index (κ1) is 15.8. The minimum Gasteiger partial charge on any atom is -0.495 e. The lowest BCUT2D eigenvalue weighted by atomic mass is 10.3. The summed E-state index contributed by atoms with van der Waals surface area (Å²) < 4.78 is 7.61. The molecule has 1 aromatic heterocycles. The number of aromatic nitrogens is 3. The first-order chi connectivity index (χ1) is 10.1. The molecule has 0 spiro atoms. The van der Waals surface area contributed by atoms with Crippen LogP contribution in [-0.2, 0) is 11.4 Å². The molecule has 7 nitrogen and oxygen atoms in total. The van der Waals surface area contributed by atoms with E-state index in [9.17, 15) is 9.90 Å². The van der Waals surface area contributed by atoms with Crippen LogP contribution in [0, 0.1) is 0 Å². The van der Waals surface area contributed by atoms with E-state index in [0.29, 0.717) is 22.4 Å². The number of benzene rings is 1. The molecule has 0 amide bonds. The molecule has 1 aromatic carbocycles. The number of aliphatic hydroxyl groups is 1. The highest BCUT2D eigenvalue weighted by molar-refractivity contribution is 9.10. The fourth-order valence-corrected chi connectivity index (χ4v) is 2.77. The SMILES string of the molecule is COc1cc(-n2c(CO)nnc2SCC(=O)O)ccc1Br. The van der Waals surface area contributed by atoms with Crippen molar-refractivity contribution >= 4 is 33.7 Å². The summed E-state index contributed by atoms with van der Waals surface area (Å²) in [5.74, 6) is -0.156. The number of aliphatic carboxylic acids is 1. The normalized spacial score (nSPS) is 10.6. The lowest BCUT2D eigenvalue weighted by molar-refractivity contribution is -0.133. The van der Waals surface area contributed by atoms with Crippen LogP contribution in [0.25, 0.3) is 5.69 Å². The average Bonchev–Trinajstić information content (AvgIpc) is 2.88. The molecule has 0 fully saturated rings. The molecule has 0 aliphatic rings. The van der Waals surface area contributed by atoms with Gasteiger partial charge in [-0.3, -0.25) is 9.36 Å². The van der Waals surface area contributed by atoms with Crippen molar-refractivity contribution in [2.24, 2.45) is 0 Å². The van der Waals surface area contributed by atoms with E-state index in [0.717, 1.165) is 16.2 Å². The minimum atomic E-state index is -0.950. The largest absolute Gasteiger partial charge is 0.495 e. The molecular formula is C12H12BrN3O4S. The van der Waals surface area contributed by atoms with Gasteiger partial charge in [0.25, 0.3) is 0 Å². The molecule has 2 N–H and O–H groups in total. The Morgan fingerprint density at radius 2 is 2.24 bits per heavy atom. The van der Waals surface area contributed by atoms with Crippen molar-refractivity contribution < 1.29 is 19.7 Å². The molecule has 0 saturated heterocycles. The number of ether oxygens (including phenoxy) is 1. The van der Waals surface area contributed by atoms with Gasteiger partial charge in [0.2, 0.25) is 0 Å². The third-order valence-electron chi connectivity index (χ3n) is 2.56. The van der Waals surface area contributed by atoms with Gasteiger partial charge in [0.05, 0.1) is 23.0 Å². The number of carbonyl (C=O) groups is 1. The van der Waals surface area contributed by atoms with Gasteiger partial charge in [0.15, 0.2) is 11.0 Å². The molecule has 21 heavy (non-hydrogen) atoms. The van der Waals surface area contributed by atoms with Crippen molar-refractivity contribution in [3.8, 4) is 11.4 Å². The Kier molecular flexibility index (Phi) is 5.21. The van der Waals surface area contributed by atoms with Gasteiger partial charge < -0.3 is 14.9 Å². The maximum atomic E-state index is 10.7. The average molecular weight is 374 g/mol. The number of hydrogen-bond acceptors (Lipinski definition) is 6. The highest BCUT2D eigenvalue weighted by Gasteiger charge is 2.16. The first-order valence-corrected chi connectivity index (χ1v) is 7.58. The highest BCUT2D eigenvalue weighted by Crippen LogP contribution is 2.30. The van der Waals surface area contributed by atoms with E-state index in [1.54, 1.807) is 29.9 Å². The van der Waals surface area contributed by atoms with E-state index < -0.39 is 5.97 Å². The number of rotatable bonds is 6. The van der Waals surface area contributed by atoms with Gasteiger partial charge in [-0.1, -0.05) is 11.8 Å². The van der Waals surface area contributed by atoms with Crippen LogP contribution >= 0.6 is 27.7 Å². The quantitative estimate of drug-likeness (QED) is 0.743. The van der Waals surface area contributed by atoms with Crippen molar-refractivity contribution in [3.63, 3.8) is 0 Å². The van der Waals surface area contributed by atoms with Crippen LogP contribution in [0.5, 0.6) is 5.75 Å². The van der Waals surface area contributed by atoms with E-state index in [1.165, 1.54) is 0 Å². The van der Waals surface area contributed by atoms with E-state index >= 15 is 0 Å². The molecule has 2 rings (SSSR count). The van der Waals surface area contributed by atoms with Crippen LogP contribution in [0.2, 0.25) is 0 Å². The molecule has 1 heterocycles. The number of hydrogen-bond donors (Lipinski definition) is 2. The van der Waals surface area contributed by atoms with Crippen LogP contribution in [0.15, 0.2) is 27.8 Å². The molecule has 0 aliphatic heterocycles. The van der Waals surface area contributed by atoms with Gasteiger partial charge in [0, 0.05) is 6.07 Å². The second kappa shape index (κ2) is 6.92. The topological polar surface area (TPSA) is 97.5 Å². The molecule has 0 saturated carbocycles. The molecule has 0 unspecified atom stereocenters. The smallest absolute Gasteiger partial charge is 0.313 e. The number of carboxylic acids is 1. The summed E-state index contributed by atoms with van der Waals surface area (Å²) >= 11 is 4.39. The van der Waals surface area contributed by atoms with Crippen LogP contribution in [0.3, 0.4) is 0 Å². The Morgan fingerprint density at radius 3 is 2.86 bits per heavy atom. The Morgan fingerprint density at radius 1 is 1.48 bits per heavy atom. The number of nitrogens with zero attached hydrogens (tertiary/aromatic N) is 3. The van der Waals surface area contributed by atoms with E-state index in [1.807, 2.05) is 0 Å². The third-order valence-corrected chi connectivity index (χ3v) is 4.13. The van der Waals surface area contributed by atoms with Crippen LogP contribution in [0.1, 0.15) is 5.82 Å². The molecule has 0 radical (unpaired) electrons. The minimum absolute atomic E-state index is 0.142. The summed E-state index contributed by atoms with van der Waals surface area (Å²) in [7, 11) is 1.54. The van der Waals surface area contributed by atoms with Gasteiger partial charge in [-0.15, -0.1) is 10.2 Å².